The van der Waals surface area contributed by atoms with Crippen LogP contribution in [-0.4, -0.2) is 52.5 Å². The number of carbonyl (C=O) groups is 2. The minimum atomic E-state index is -5.16. The van der Waals surface area contributed by atoms with Crippen LogP contribution in [0.5, 0.6) is 0 Å². The van der Waals surface area contributed by atoms with Crippen molar-refractivity contribution in [2.45, 2.75) is 166 Å². The molecule has 0 amide bonds. The van der Waals surface area contributed by atoms with Gasteiger partial charge in [0.25, 0.3) is 20.2 Å². The van der Waals surface area contributed by atoms with Crippen LogP contribution in [0, 0.1) is 0 Å². The third-order valence-electron chi connectivity index (χ3n) is 7.35. The first kappa shape index (κ1) is 49.2. The van der Waals surface area contributed by atoms with Crippen molar-refractivity contribution in [3.8, 4) is 0 Å². The van der Waals surface area contributed by atoms with E-state index in [1.54, 1.807) is 0 Å². The van der Waals surface area contributed by atoms with Gasteiger partial charge in [0.1, 0.15) is 0 Å². The van der Waals surface area contributed by atoms with Gasteiger partial charge in [-0.1, -0.05) is 142 Å². The molecule has 0 rings (SSSR count). The van der Waals surface area contributed by atoms with Gasteiger partial charge < -0.3 is 19.8 Å². The summed E-state index contributed by atoms with van der Waals surface area (Å²) in [6, 6.07) is 0. The summed E-state index contributed by atoms with van der Waals surface area (Å²) in [5.74, 6) is -4.82. The van der Waals surface area contributed by atoms with Crippen LogP contribution in [0.1, 0.15) is 155 Å². The molecule has 0 aliphatic carbocycles. The number of rotatable bonds is 31. The Morgan fingerprint density at radius 2 is 0.659 bits per heavy atom. The van der Waals surface area contributed by atoms with Crippen molar-refractivity contribution in [1.82, 2.24) is 0 Å². The fourth-order valence-electron chi connectivity index (χ4n) is 4.81. The zero-order chi connectivity index (χ0) is 31.7. The van der Waals surface area contributed by atoms with Crippen LogP contribution in [0.3, 0.4) is 0 Å². The van der Waals surface area contributed by atoms with Gasteiger partial charge in [-0.05, 0) is 12.8 Å². The first-order chi connectivity index (χ1) is 20.0. The SMILES string of the molecule is CCCCCCCCCCCCCOS(=O)(=O)C(C(=O)[O-])C(C(=O)[O-])S(=O)(=O)OCCCCCCCCCCCCC.[Na+].[Na+]. The smallest absolute Gasteiger partial charge is 0.549 e. The van der Waals surface area contributed by atoms with Gasteiger partial charge in [-0.25, -0.2) is 0 Å². The summed E-state index contributed by atoms with van der Waals surface area (Å²) in [6.07, 6.45) is 22.1. The predicted molar refractivity (Wildman–Crippen MR) is 160 cm³/mol. The van der Waals surface area contributed by atoms with Crippen LogP contribution in [0.4, 0.5) is 0 Å². The molecule has 0 aliphatic heterocycles. The van der Waals surface area contributed by atoms with E-state index in [0.29, 0.717) is 12.8 Å². The fourth-order valence-corrected chi connectivity index (χ4v) is 7.92. The molecule has 14 heteroatoms. The Morgan fingerprint density at radius 3 is 0.864 bits per heavy atom. The van der Waals surface area contributed by atoms with Gasteiger partial charge in [0.05, 0.1) is 25.2 Å². The second kappa shape index (κ2) is 31.1. The maximum atomic E-state index is 12.6. The Hall–Kier alpha value is 0.760. The molecule has 0 aromatic rings. The number of hydrogen-bond donors (Lipinski definition) is 0. The third-order valence-corrected chi connectivity index (χ3v) is 10.7. The van der Waals surface area contributed by atoms with Crippen LogP contribution in [0.15, 0.2) is 0 Å². The molecule has 0 heterocycles. The minimum Gasteiger partial charge on any atom is -0.549 e. The van der Waals surface area contributed by atoms with Crippen LogP contribution in [0.25, 0.3) is 0 Å². The van der Waals surface area contributed by atoms with Crippen molar-refractivity contribution in [3.63, 3.8) is 0 Å². The summed E-state index contributed by atoms with van der Waals surface area (Å²) in [6.45, 7) is 3.55. The molecule has 0 fully saturated rings. The van der Waals surface area contributed by atoms with Crippen LogP contribution >= 0.6 is 0 Å². The van der Waals surface area contributed by atoms with E-state index in [4.69, 9.17) is 8.37 Å². The number of carbonyl (C=O) groups excluding carboxylic acids is 2. The van der Waals surface area contributed by atoms with E-state index in [1.165, 1.54) is 64.2 Å². The normalized spacial score (nSPS) is 13.0. The largest absolute Gasteiger partial charge is 1.00 e. The van der Waals surface area contributed by atoms with Crippen molar-refractivity contribution in [3.05, 3.63) is 0 Å². The van der Waals surface area contributed by atoms with E-state index >= 15 is 0 Å². The Bertz CT molecular complexity index is 841. The van der Waals surface area contributed by atoms with E-state index in [9.17, 15) is 36.6 Å². The van der Waals surface area contributed by atoms with E-state index < -0.39 is 55.9 Å². The molecule has 44 heavy (non-hydrogen) atoms. The molecule has 0 saturated carbocycles. The summed E-state index contributed by atoms with van der Waals surface area (Å²) in [4.78, 5) is 23.3. The summed E-state index contributed by atoms with van der Waals surface area (Å²) < 4.78 is 59.7. The van der Waals surface area contributed by atoms with Crippen molar-refractivity contribution in [2.75, 3.05) is 13.2 Å². The maximum absolute atomic E-state index is 12.6. The molecule has 0 N–H and O–H groups in total. The zero-order valence-electron chi connectivity index (χ0n) is 28.0. The van der Waals surface area contributed by atoms with Gasteiger partial charge in [-0.15, -0.1) is 0 Å². The second-order valence-corrected chi connectivity index (χ2v) is 14.6. The molecule has 10 nitrogen and oxygen atoms in total. The fraction of sp³-hybridized carbons (Fsp3) is 0.933. The topological polar surface area (TPSA) is 167 Å². The van der Waals surface area contributed by atoms with E-state index in [0.717, 1.165) is 51.4 Å². The molecule has 2 unspecified atom stereocenters. The number of aliphatic carboxylic acids is 2. The summed E-state index contributed by atoms with van der Waals surface area (Å²) in [7, 11) is -10.3. The molecule has 0 aliphatic rings. The molecule has 2 atom stereocenters. The van der Waals surface area contributed by atoms with Crippen molar-refractivity contribution < 1.29 is 104 Å². The van der Waals surface area contributed by atoms with Crippen molar-refractivity contribution >= 4 is 32.2 Å². The van der Waals surface area contributed by atoms with Crippen molar-refractivity contribution in [2.24, 2.45) is 0 Å². The molecule has 0 bridgehead atoms. The molecule has 250 valence electrons. The van der Waals surface area contributed by atoms with Crippen LogP contribution in [-0.2, 0) is 38.2 Å². The summed E-state index contributed by atoms with van der Waals surface area (Å²) in [5, 5.41) is 17.3. The molecule has 0 saturated heterocycles. The average molecular weight is 687 g/mol. The van der Waals surface area contributed by atoms with Crippen LogP contribution < -0.4 is 69.3 Å². The number of unbranched alkanes of at least 4 members (excludes halogenated alkanes) is 20. The molecular weight excluding hydrogens is 630 g/mol. The maximum Gasteiger partial charge on any atom is 1.00 e. The standard InChI is InChI=1S/C30H58O10S2.2Na/c1-3-5-7-9-11-13-15-17-19-21-23-25-39-41(35,36)27(29(31)32)28(30(33)34)42(37,38)40-26-24-22-20-18-16-14-12-10-8-6-4-2;;/h27-28H,3-26H2,1-2H3,(H,31,32)(H,33,34);;/q;2*+1/p-2. The number of carboxylic acid groups (broad SMARTS) is 2. The zero-order valence-corrected chi connectivity index (χ0v) is 33.7. The molecule has 0 aromatic carbocycles. The summed E-state index contributed by atoms with van der Waals surface area (Å²) in [5.41, 5.74) is 0. The number of hydrogen-bond acceptors (Lipinski definition) is 10. The molecule has 0 aromatic heterocycles. The molecular formula is C30H56Na2O10S2. The second-order valence-electron chi connectivity index (χ2n) is 11.2. The van der Waals surface area contributed by atoms with Gasteiger partial charge in [-0.2, -0.15) is 16.8 Å². The van der Waals surface area contributed by atoms with Gasteiger partial charge in [0, 0.05) is 0 Å². The molecule has 0 radical (unpaired) electrons. The molecule has 0 spiro atoms. The minimum absolute atomic E-state index is 0. The Morgan fingerprint density at radius 1 is 0.455 bits per heavy atom. The predicted octanol–water partition coefficient (Wildman–Crippen LogP) is -1.45. The Balaban J connectivity index is -0.00000840. The summed E-state index contributed by atoms with van der Waals surface area (Å²) >= 11 is 0. The Kier molecular flexibility index (Phi) is 34.7. The van der Waals surface area contributed by atoms with E-state index in [2.05, 4.69) is 13.8 Å². The third kappa shape index (κ3) is 24.9. The van der Waals surface area contributed by atoms with Gasteiger partial charge in [0.15, 0.2) is 10.5 Å². The van der Waals surface area contributed by atoms with Crippen LogP contribution in [0.2, 0.25) is 0 Å². The van der Waals surface area contributed by atoms with Gasteiger partial charge in [0.2, 0.25) is 0 Å². The van der Waals surface area contributed by atoms with Gasteiger partial charge in [-0.3, -0.25) is 8.37 Å². The first-order valence-corrected chi connectivity index (χ1v) is 19.1. The quantitative estimate of drug-likeness (QED) is 0.0478. The monoisotopic (exact) mass is 686 g/mol. The van der Waals surface area contributed by atoms with E-state index in [1.807, 2.05) is 0 Å². The first-order valence-electron chi connectivity index (χ1n) is 16.2. The average Bonchev–Trinajstić information content (AvgIpc) is 2.92. The van der Waals surface area contributed by atoms with Gasteiger partial charge >= 0.3 is 59.1 Å². The van der Waals surface area contributed by atoms with Crippen molar-refractivity contribution in [1.29, 1.82) is 0 Å². The Labute approximate surface area is 312 Å². The van der Waals surface area contributed by atoms with E-state index in [-0.39, 0.29) is 72.0 Å². The number of carboxylic acids is 2.